The van der Waals surface area contributed by atoms with Crippen molar-refractivity contribution in [3.63, 3.8) is 0 Å². The molecular formula is C19H15BrClN3O4. The standard InChI is InChI=1S/C19H15BrClN3O4/c1-2-17-23-15-5-3-12(20)8-14(15)19(27)24(17)22-9-11-7-13(21)4-6-16(11)28-10-18(25)26/h3-9H,2,10H2,1H3,(H,25,26). The van der Waals surface area contributed by atoms with Crippen LogP contribution in [0.3, 0.4) is 0 Å². The molecule has 3 rings (SSSR count). The van der Waals surface area contributed by atoms with Crippen LogP contribution in [-0.2, 0) is 11.2 Å². The second-order valence-corrected chi connectivity index (χ2v) is 7.12. The minimum Gasteiger partial charge on any atom is -0.481 e. The molecule has 2 aromatic carbocycles. The molecule has 0 atom stereocenters. The summed E-state index contributed by atoms with van der Waals surface area (Å²) in [6.45, 7) is 1.37. The van der Waals surface area contributed by atoms with E-state index >= 15 is 0 Å². The van der Waals surface area contributed by atoms with Crippen LogP contribution >= 0.6 is 27.5 Å². The largest absolute Gasteiger partial charge is 0.481 e. The zero-order valence-electron chi connectivity index (χ0n) is 14.7. The van der Waals surface area contributed by atoms with Gasteiger partial charge in [-0.25, -0.2) is 9.78 Å². The Bertz CT molecular complexity index is 1140. The second-order valence-electron chi connectivity index (χ2n) is 5.77. The van der Waals surface area contributed by atoms with Crippen LogP contribution in [0.2, 0.25) is 5.02 Å². The molecule has 0 aliphatic carbocycles. The van der Waals surface area contributed by atoms with Gasteiger partial charge in [0, 0.05) is 21.5 Å². The van der Waals surface area contributed by atoms with E-state index < -0.39 is 12.6 Å². The molecule has 144 valence electrons. The molecule has 9 heteroatoms. The molecule has 7 nitrogen and oxygen atoms in total. The van der Waals surface area contributed by atoms with E-state index in [-0.39, 0.29) is 11.3 Å². The van der Waals surface area contributed by atoms with Gasteiger partial charge in [-0.2, -0.15) is 9.78 Å². The second kappa shape index (κ2) is 8.53. The number of carbonyl (C=O) groups is 1. The topological polar surface area (TPSA) is 93.8 Å². The quantitative estimate of drug-likeness (QED) is 0.561. The minimum atomic E-state index is -1.10. The van der Waals surface area contributed by atoms with Crippen molar-refractivity contribution in [2.45, 2.75) is 13.3 Å². The van der Waals surface area contributed by atoms with Crippen LogP contribution in [0.25, 0.3) is 10.9 Å². The van der Waals surface area contributed by atoms with Crippen LogP contribution in [0, 0.1) is 0 Å². The van der Waals surface area contributed by atoms with Crippen molar-refractivity contribution >= 4 is 50.6 Å². The summed E-state index contributed by atoms with van der Waals surface area (Å²) in [7, 11) is 0. The summed E-state index contributed by atoms with van der Waals surface area (Å²) in [5.74, 6) is -0.323. The summed E-state index contributed by atoms with van der Waals surface area (Å²) in [5, 5.41) is 13.9. The number of aromatic nitrogens is 2. The van der Waals surface area contributed by atoms with Gasteiger partial charge in [-0.15, -0.1) is 0 Å². The molecule has 0 aliphatic heterocycles. The highest BCUT2D eigenvalue weighted by Crippen LogP contribution is 2.22. The molecule has 1 N–H and O–H groups in total. The van der Waals surface area contributed by atoms with E-state index in [1.807, 2.05) is 13.0 Å². The number of carboxylic acids is 1. The summed E-state index contributed by atoms with van der Waals surface area (Å²) in [6.07, 6.45) is 1.89. The highest BCUT2D eigenvalue weighted by atomic mass is 79.9. The van der Waals surface area contributed by atoms with Crippen molar-refractivity contribution in [2.75, 3.05) is 6.61 Å². The first-order valence-corrected chi connectivity index (χ1v) is 9.46. The van der Waals surface area contributed by atoms with Crippen molar-refractivity contribution < 1.29 is 14.6 Å². The first-order chi connectivity index (χ1) is 13.4. The van der Waals surface area contributed by atoms with E-state index in [1.165, 1.54) is 10.9 Å². The van der Waals surface area contributed by atoms with E-state index in [0.717, 1.165) is 4.47 Å². The van der Waals surface area contributed by atoms with Crippen molar-refractivity contribution in [2.24, 2.45) is 5.10 Å². The number of aliphatic carboxylic acids is 1. The Balaban J connectivity index is 2.08. The Morgan fingerprint density at radius 1 is 1.36 bits per heavy atom. The number of rotatable bonds is 6. The van der Waals surface area contributed by atoms with Gasteiger partial charge in [0.1, 0.15) is 11.6 Å². The summed E-state index contributed by atoms with van der Waals surface area (Å²) >= 11 is 9.38. The van der Waals surface area contributed by atoms with Crippen LogP contribution in [0.4, 0.5) is 0 Å². The van der Waals surface area contributed by atoms with Gasteiger partial charge >= 0.3 is 5.97 Å². The van der Waals surface area contributed by atoms with Crippen LogP contribution in [0.5, 0.6) is 5.75 Å². The molecule has 28 heavy (non-hydrogen) atoms. The first kappa shape index (κ1) is 20.0. The smallest absolute Gasteiger partial charge is 0.341 e. The zero-order valence-corrected chi connectivity index (χ0v) is 17.1. The van der Waals surface area contributed by atoms with Crippen molar-refractivity contribution in [3.05, 3.63) is 67.6 Å². The van der Waals surface area contributed by atoms with Gasteiger partial charge < -0.3 is 9.84 Å². The third kappa shape index (κ3) is 4.40. The highest BCUT2D eigenvalue weighted by molar-refractivity contribution is 9.10. The lowest BCUT2D eigenvalue weighted by Crippen LogP contribution is -2.22. The maximum absolute atomic E-state index is 12.9. The molecule has 0 radical (unpaired) electrons. The number of benzene rings is 2. The van der Waals surface area contributed by atoms with Crippen molar-refractivity contribution in [1.82, 2.24) is 9.66 Å². The normalized spacial score (nSPS) is 11.2. The number of fused-ring (bicyclic) bond motifs is 1. The SMILES string of the molecule is CCc1nc2ccc(Br)cc2c(=O)n1N=Cc1cc(Cl)ccc1OCC(=O)O. The fourth-order valence-corrected chi connectivity index (χ4v) is 3.10. The molecule has 1 heterocycles. The van der Waals surface area contributed by atoms with Crippen molar-refractivity contribution in [1.29, 1.82) is 0 Å². The molecule has 3 aromatic rings. The van der Waals surface area contributed by atoms with Gasteiger partial charge in [-0.05, 0) is 36.4 Å². The van der Waals surface area contributed by atoms with Crippen LogP contribution in [0.15, 0.2) is 50.8 Å². The van der Waals surface area contributed by atoms with Crippen LogP contribution in [-0.4, -0.2) is 33.6 Å². The number of nitrogens with zero attached hydrogens (tertiary/aromatic N) is 3. The Kier molecular flexibility index (Phi) is 6.11. The Hall–Kier alpha value is -2.71. The average Bonchev–Trinajstić information content (AvgIpc) is 2.66. The van der Waals surface area contributed by atoms with E-state index in [2.05, 4.69) is 26.0 Å². The lowest BCUT2D eigenvalue weighted by molar-refractivity contribution is -0.139. The van der Waals surface area contributed by atoms with Gasteiger partial charge in [-0.3, -0.25) is 4.79 Å². The number of hydrogen-bond donors (Lipinski definition) is 1. The van der Waals surface area contributed by atoms with Crippen LogP contribution < -0.4 is 10.3 Å². The number of hydrogen-bond acceptors (Lipinski definition) is 5. The predicted octanol–water partition coefficient (Wildman–Crippen LogP) is 3.72. The minimum absolute atomic E-state index is 0.290. The lowest BCUT2D eigenvalue weighted by Gasteiger charge is -2.09. The zero-order chi connectivity index (χ0) is 20.3. The molecule has 0 amide bonds. The van der Waals surface area contributed by atoms with E-state index in [4.69, 9.17) is 21.4 Å². The number of aryl methyl sites for hydroxylation is 1. The summed E-state index contributed by atoms with van der Waals surface area (Å²) in [6, 6.07) is 9.98. The molecule has 0 saturated carbocycles. The maximum Gasteiger partial charge on any atom is 0.341 e. The third-order valence-electron chi connectivity index (χ3n) is 3.83. The van der Waals surface area contributed by atoms with Crippen LogP contribution in [0.1, 0.15) is 18.3 Å². The Morgan fingerprint density at radius 2 is 2.14 bits per heavy atom. The molecule has 1 aromatic heterocycles. The van der Waals surface area contributed by atoms with E-state index in [0.29, 0.717) is 33.7 Å². The fraction of sp³-hybridized carbons (Fsp3) is 0.158. The summed E-state index contributed by atoms with van der Waals surface area (Å²) < 4.78 is 7.24. The molecule has 0 unspecified atom stereocenters. The predicted molar refractivity (Wildman–Crippen MR) is 111 cm³/mol. The van der Waals surface area contributed by atoms with Gasteiger partial charge in [0.25, 0.3) is 5.56 Å². The molecule has 0 spiro atoms. The van der Waals surface area contributed by atoms with Gasteiger partial charge in [0.15, 0.2) is 6.61 Å². The third-order valence-corrected chi connectivity index (χ3v) is 4.56. The molecule has 0 saturated heterocycles. The molecule has 0 bridgehead atoms. The Labute approximate surface area is 173 Å². The van der Waals surface area contributed by atoms with E-state index in [9.17, 15) is 9.59 Å². The van der Waals surface area contributed by atoms with E-state index in [1.54, 1.807) is 30.3 Å². The first-order valence-electron chi connectivity index (χ1n) is 8.28. The van der Waals surface area contributed by atoms with Crippen molar-refractivity contribution in [3.8, 4) is 5.75 Å². The molecule has 0 aliphatic rings. The summed E-state index contributed by atoms with van der Waals surface area (Å²) in [4.78, 5) is 28.2. The monoisotopic (exact) mass is 463 g/mol. The molecular weight excluding hydrogens is 450 g/mol. The number of carboxylic acid groups (broad SMARTS) is 1. The lowest BCUT2D eigenvalue weighted by atomic mass is 10.2. The van der Waals surface area contributed by atoms with Gasteiger partial charge in [0.05, 0.1) is 17.1 Å². The Morgan fingerprint density at radius 3 is 2.86 bits per heavy atom. The van der Waals surface area contributed by atoms with Gasteiger partial charge in [0.2, 0.25) is 0 Å². The summed E-state index contributed by atoms with van der Waals surface area (Å²) in [5.41, 5.74) is 0.719. The number of halogens is 2. The molecule has 0 fully saturated rings. The number of ether oxygens (including phenoxy) is 1. The highest BCUT2D eigenvalue weighted by Gasteiger charge is 2.11. The maximum atomic E-state index is 12.9. The fourth-order valence-electron chi connectivity index (χ4n) is 2.55. The average molecular weight is 465 g/mol. The van der Waals surface area contributed by atoms with Gasteiger partial charge in [-0.1, -0.05) is 34.5 Å².